The summed E-state index contributed by atoms with van der Waals surface area (Å²) in [5, 5.41) is 0. The van der Waals surface area contributed by atoms with Crippen LogP contribution in [0, 0.1) is 0 Å². The van der Waals surface area contributed by atoms with E-state index in [4.69, 9.17) is 9.05 Å². The van der Waals surface area contributed by atoms with Crippen molar-refractivity contribution in [3.8, 4) is 0 Å². The second-order valence-electron chi connectivity index (χ2n) is 0.812. The van der Waals surface area contributed by atoms with Crippen LogP contribution in [0.1, 0.15) is 0 Å². The van der Waals surface area contributed by atoms with E-state index in [0.29, 0.717) is 0 Å². The van der Waals surface area contributed by atoms with Crippen LogP contribution in [0.3, 0.4) is 0 Å². The first kappa shape index (κ1) is 8.39. The molecule has 0 unspecified atom stereocenters. The van der Waals surface area contributed by atoms with Crippen molar-refractivity contribution in [3.05, 3.63) is 0 Å². The molecule has 0 atom stereocenters. The van der Waals surface area contributed by atoms with E-state index in [2.05, 4.69) is 30.7 Å². The summed E-state index contributed by atoms with van der Waals surface area (Å²) in [5.74, 6) is 0. The molecule has 0 saturated heterocycles. The Balaban J connectivity index is 3.61. The molecule has 2 nitrogen and oxygen atoms in total. The van der Waals surface area contributed by atoms with Gasteiger partial charge in [-0.1, -0.05) is 0 Å². The summed E-state index contributed by atoms with van der Waals surface area (Å²) >= 11 is 5.53. The van der Waals surface area contributed by atoms with E-state index in [1.54, 1.807) is 14.2 Å². The maximum atomic E-state index is 4.86. The normalized spacial score (nSPS) is 11.9. The van der Waals surface area contributed by atoms with Crippen molar-refractivity contribution >= 4 is 35.3 Å². The van der Waals surface area contributed by atoms with Crippen molar-refractivity contribution in [1.82, 2.24) is 0 Å². The minimum atomic E-state index is -1.65. The standard InChI is InChI=1S/C2H7O2PSe2/c1-3-5(6,7)4-2/h1-2H3,(H,6,7)/p-1. The first-order valence-electron chi connectivity index (χ1n) is 1.55. The third-order valence-corrected chi connectivity index (χ3v) is 5.09. The first-order valence-corrected chi connectivity index (χ1v) is 7.60. The molecule has 0 bridgehead atoms. The van der Waals surface area contributed by atoms with Gasteiger partial charge in [0, 0.05) is 0 Å². The predicted molar refractivity (Wildman–Crippen MR) is 32.4 cm³/mol. The van der Waals surface area contributed by atoms with E-state index < -0.39 is 4.65 Å². The summed E-state index contributed by atoms with van der Waals surface area (Å²) in [5.41, 5.74) is 0. The molecule has 0 aliphatic heterocycles. The van der Waals surface area contributed by atoms with Gasteiger partial charge in [0.05, 0.1) is 0 Å². The van der Waals surface area contributed by atoms with Crippen LogP contribution in [0.4, 0.5) is 0 Å². The second kappa shape index (κ2) is 3.42. The zero-order chi connectivity index (χ0) is 5.91. The van der Waals surface area contributed by atoms with Crippen LogP contribution < -0.4 is 0 Å². The zero-order valence-corrected chi connectivity index (χ0v) is 8.40. The summed E-state index contributed by atoms with van der Waals surface area (Å²) in [6.07, 6.45) is 0. The van der Waals surface area contributed by atoms with Crippen molar-refractivity contribution in [2.45, 2.75) is 0 Å². The summed E-state index contributed by atoms with van der Waals surface area (Å²) in [4.78, 5) is 0. The molecule has 44 valence electrons. The van der Waals surface area contributed by atoms with E-state index in [9.17, 15) is 0 Å². The molecule has 0 fully saturated rings. The van der Waals surface area contributed by atoms with Gasteiger partial charge in [0.1, 0.15) is 0 Å². The van der Waals surface area contributed by atoms with Crippen molar-refractivity contribution in [1.29, 1.82) is 0 Å². The summed E-state index contributed by atoms with van der Waals surface area (Å²) < 4.78 is 8.07. The number of hydrogen-bond acceptors (Lipinski definition) is 2. The Morgan fingerprint density at radius 2 is 1.71 bits per heavy atom. The van der Waals surface area contributed by atoms with E-state index >= 15 is 0 Å². The van der Waals surface area contributed by atoms with Crippen molar-refractivity contribution in [2.75, 3.05) is 14.2 Å². The predicted octanol–water partition coefficient (Wildman–Crippen LogP) is 0.294. The van der Waals surface area contributed by atoms with Gasteiger partial charge in [-0.25, -0.2) is 0 Å². The minimum absolute atomic E-state index is 1.60. The first-order chi connectivity index (χ1) is 3.12. The van der Waals surface area contributed by atoms with Gasteiger partial charge in [0.2, 0.25) is 0 Å². The van der Waals surface area contributed by atoms with Gasteiger partial charge in [-0.3, -0.25) is 0 Å². The Bertz CT molecular complexity index is 85.7. The number of hydrogen-bond donors (Lipinski definition) is 0. The molecule has 0 aromatic rings. The molecule has 0 aliphatic rings. The molecule has 0 rings (SSSR count). The van der Waals surface area contributed by atoms with Crippen LogP contribution in [-0.4, -0.2) is 44.9 Å². The fourth-order valence-corrected chi connectivity index (χ4v) is 0.224. The molecule has 0 amide bonds. The quantitative estimate of drug-likeness (QED) is 0.519. The van der Waals surface area contributed by atoms with E-state index in [-0.39, 0.29) is 0 Å². The molecule has 0 saturated carbocycles. The molecule has 0 aromatic carbocycles. The van der Waals surface area contributed by atoms with E-state index in [0.717, 1.165) is 0 Å². The van der Waals surface area contributed by atoms with Crippen LogP contribution >= 0.6 is 4.65 Å². The van der Waals surface area contributed by atoms with Gasteiger partial charge in [-0.15, -0.1) is 0 Å². The fraction of sp³-hybridized carbons (Fsp3) is 1.00. The second-order valence-corrected chi connectivity index (χ2v) is 12.0. The molecule has 7 heavy (non-hydrogen) atoms. The van der Waals surface area contributed by atoms with Crippen LogP contribution in [0.15, 0.2) is 0 Å². The van der Waals surface area contributed by atoms with Crippen LogP contribution in [0.5, 0.6) is 0 Å². The Labute approximate surface area is 58.8 Å². The summed E-state index contributed by atoms with van der Waals surface area (Å²) in [7, 11) is 3.20. The molecule has 0 N–H and O–H groups in total. The Hall–Kier alpha value is 1.39. The molecule has 0 aliphatic carbocycles. The average Bonchev–Trinajstić information content (AvgIpc) is 1.68. The Kier molecular flexibility index (Phi) is 4.10. The van der Waals surface area contributed by atoms with Crippen LogP contribution in [0.2, 0.25) is 0 Å². The monoisotopic (exact) mass is 253 g/mol. The third kappa shape index (κ3) is 3.93. The molecule has 0 spiro atoms. The van der Waals surface area contributed by atoms with E-state index in [1.165, 1.54) is 0 Å². The average molecular weight is 251 g/mol. The Morgan fingerprint density at radius 3 is 1.71 bits per heavy atom. The van der Waals surface area contributed by atoms with Gasteiger partial charge < -0.3 is 0 Å². The van der Waals surface area contributed by atoms with E-state index in [1.807, 2.05) is 0 Å². The Morgan fingerprint density at radius 1 is 1.43 bits per heavy atom. The zero-order valence-electron chi connectivity index (χ0n) is 4.08. The third-order valence-electron chi connectivity index (χ3n) is 0.447. The van der Waals surface area contributed by atoms with Crippen molar-refractivity contribution < 1.29 is 9.05 Å². The van der Waals surface area contributed by atoms with Gasteiger partial charge in [-0.2, -0.15) is 0 Å². The van der Waals surface area contributed by atoms with Crippen LogP contribution in [-0.2, 0) is 9.05 Å². The molecule has 0 aromatic heterocycles. The van der Waals surface area contributed by atoms with Gasteiger partial charge in [0.25, 0.3) is 0 Å². The van der Waals surface area contributed by atoms with Crippen molar-refractivity contribution in [2.24, 2.45) is 0 Å². The fourth-order valence-electron chi connectivity index (χ4n) is 0.0745. The topological polar surface area (TPSA) is 18.5 Å². The molecular weight excluding hydrogens is 245 g/mol. The molecule has 0 radical (unpaired) electrons. The maximum absolute atomic E-state index is 4.86. The summed E-state index contributed by atoms with van der Waals surface area (Å²) in [6.45, 7) is 0. The van der Waals surface area contributed by atoms with Gasteiger partial charge >= 0.3 is 58.6 Å². The SMILES string of the molecule is COP(=[Se])([Se-])OC. The summed E-state index contributed by atoms with van der Waals surface area (Å²) in [6, 6.07) is 0. The van der Waals surface area contributed by atoms with Crippen molar-refractivity contribution in [3.63, 3.8) is 0 Å². The number of rotatable bonds is 2. The van der Waals surface area contributed by atoms with Gasteiger partial charge in [-0.05, 0) is 0 Å². The van der Waals surface area contributed by atoms with Crippen LogP contribution in [0.25, 0.3) is 0 Å². The molecule has 0 heterocycles. The molecular formula is C2H6O2PSe2-. The molecule has 5 heteroatoms. The van der Waals surface area contributed by atoms with Gasteiger partial charge in [0.15, 0.2) is 0 Å².